The number of aromatic nitrogens is 4. The van der Waals surface area contributed by atoms with Crippen LogP contribution >= 0.6 is 0 Å². The highest BCUT2D eigenvalue weighted by atomic mass is 16.3. The Kier molecular flexibility index (Phi) is 5.01. The summed E-state index contributed by atoms with van der Waals surface area (Å²) in [5.74, 6) is 0.406. The first-order valence-corrected chi connectivity index (χ1v) is 9.57. The van der Waals surface area contributed by atoms with Crippen molar-refractivity contribution in [3.63, 3.8) is 0 Å². The molecule has 0 unspecified atom stereocenters. The molecule has 0 fully saturated rings. The fraction of sp³-hybridized carbons (Fsp3) is 0.190. The quantitative estimate of drug-likeness (QED) is 0.509. The van der Waals surface area contributed by atoms with E-state index >= 15 is 0 Å². The van der Waals surface area contributed by atoms with Crippen LogP contribution in [0.3, 0.4) is 0 Å². The molecule has 30 heavy (non-hydrogen) atoms. The van der Waals surface area contributed by atoms with Crippen LogP contribution in [0.2, 0.25) is 0 Å². The second-order valence-corrected chi connectivity index (χ2v) is 6.65. The Balaban J connectivity index is 1.70. The zero-order valence-electron chi connectivity index (χ0n) is 16.6. The minimum absolute atomic E-state index is 0.128. The minimum atomic E-state index is -0.340. The number of hydrogen-bond acceptors (Lipinski definition) is 6. The number of carbonyl (C=O) groups is 2. The summed E-state index contributed by atoms with van der Waals surface area (Å²) < 4.78 is 8.14. The van der Waals surface area contributed by atoms with Crippen LogP contribution in [-0.2, 0) is 0 Å². The maximum absolute atomic E-state index is 13.1. The lowest BCUT2D eigenvalue weighted by Gasteiger charge is -2.17. The lowest BCUT2D eigenvalue weighted by atomic mass is 10.2. The molecule has 0 bridgehead atoms. The van der Waals surface area contributed by atoms with E-state index < -0.39 is 0 Å². The van der Waals surface area contributed by atoms with Crippen molar-refractivity contribution in [2.75, 3.05) is 18.8 Å². The summed E-state index contributed by atoms with van der Waals surface area (Å²) in [6, 6.07) is 8.38. The fourth-order valence-electron chi connectivity index (χ4n) is 3.21. The van der Waals surface area contributed by atoms with Crippen molar-refractivity contribution in [3.05, 3.63) is 66.3 Å². The Bertz CT molecular complexity index is 1230. The molecular formula is C21H21N6O3+. The number of pyridine rings is 2. The Morgan fingerprint density at radius 1 is 1.20 bits per heavy atom. The normalized spacial score (nSPS) is 11.0. The number of nitrogens with two attached hydrogens (primary N) is 1. The van der Waals surface area contributed by atoms with Gasteiger partial charge in [-0.05, 0) is 38.1 Å². The summed E-state index contributed by atoms with van der Waals surface area (Å²) in [6.07, 6.45) is 6.21. The summed E-state index contributed by atoms with van der Waals surface area (Å²) >= 11 is 0. The summed E-state index contributed by atoms with van der Waals surface area (Å²) in [5, 5.41) is 4.35. The Hall–Kier alpha value is -4.01. The Labute approximate surface area is 172 Å². The number of nitrogens with zero attached hydrogens (tertiary/aromatic N) is 5. The standard InChI is InChI=1S/C21H21N6O3/c1-3-25(4-2)20(28)14-7-5-9-26(12-14)21(29)15-11-16(22)19-23-18(24-27(19)13-15)17-8-6-10-30-17/h5-13H,3-4,22H2,1-2H3/q+1. The number of nitrogen functional groups attached to an aromatic ring is 1. The molecule has 0 aliphatic rings. The molecule has 0 aromatic carbocycles. The number of furan rings is 1. The van der Waals surface area contributed by atoms with E-state index in [2.05, 4.69) is 10.1 Å². The van der Waals surface area contributed by atoms with Gasteiger partial charge in [0.1, 0.15) is 11.1 Å². The Morgan fingerprint density at radius 2 is 2.00 bits per heavy atom. The summed E-state index contributed by atoms with van der Waals surface area (Å²) in [4.78, 5) is 31.7. The van der Waals surface area contributed by atoms with Crippen molar-refractivity contribution in [1.82, 2.24) is 19.5 Å². The van der Waals surface area contributed by atoms with Crippen molar-refractivity contribution in [3.8, 4) is 11.6 Å². The van der Waals surface area contributed by atoms with Crippen LogP contribution in [0.5, 0.6) is 0 Å². The summed E-state index contributed by atoms with van der Waals surface area (Å²) in [5.41, 5.74) is 7.60. The van der Waals surface area contributed by atoms with Crippen LogP contribution < -0.4 is 10.3 Å². The molecule has 4 aromatic rings. The average molecular weight is 405 g/mol. The van der Waals surface area contributed by atoms with E-state index in [9.17, 15) is 9.59 Å². The predicted octanol–water partition coefficient (Wildman–Crippen LogP) is 2.03. The Morgan fingerprint density at radius 3 is 2.70 bits per heavy atom. The molecule has 4 aromatic heterocycles. The number of amides is 1. The second kappa shape index (κ2) is 7.78. The van der Waals surface area contributed by atoms with Gasteiger partial charge >= 0.3 is 5.91 Å². The fourth-order valence-corrected chi connectivity index (χ4v) is 3.21. The highest BCUT2D eigenvalue weighted by Crippen LogP contribution is 2.20. The second-order valence-electron chi connectivity index (χ2n) is 6.65. The number of anilines is 1. The molecule has 0 saturated carbocycles. The highest BCUT2D eigenvalue weighted by molar-refractivity contribution is 5.94. The zero-order chi connectivity index (χ0) is 21.3. The number of fused-ring (bicyclic) bond motifs is 1. The van der Waals surface area contributed by atoms with E-state index in [0.29, 0.717) is 47.1 Å². The van der Waals surface area contributed by atoms with E-state index in [1.807, 2.05) is 13.8 Å². The van der Waals surface area contributed by atoms with Gasteiger partial charge < -0.3 is 15.1 Å². The van der Waals surface area contributed by atoms with E-state index in [4.69, 9.17) is 10.2 Å². The summed E-state index contributed by atoms with van der Waals surface area (Å²) in [7, 11) is 0. The molecule has 0 atom stereocenters. The van der Waals surface area contributed by atoms with Gasteiger partial charge in [-0.1, -0.05) is 0 Å². The molecule has 152 valence electrons. The van der Waals surface area contributed by atoms with E-state index in [0.717, 1.165) is 0 Å². The number of rotatable bonds is 5. The molecule has 0 aliphatic carbocycles. The van der Waals surface area contributed by atoms with Crippen LogP contribution in [0.1, 0.15) is 34.6 Å². The first kappa shape index (κ1) is 19.3. The minimum Gasteiger partial charge on any atom is -0.461 e. The average Bonchev–Trinajstić information content (AvgIpc) is 3.44. The van der Waals surface area contributed by atoms with E-state index in [1.165, 1.54) is 21.5 Å². The van der Waals surface area contributed by atoms with Crippen molar-refractivity contribution < 1.29 is 18.6 Å². The molecule has 9 heteroatoms. The molecule has 9 nitrogen and oxygen atoms in total. The van der Waals surface area contributed by atoms with Crippen LogP contribution in [0.15, 0.2) is 59.6 Å². The topological polar surface area (TPSA) is 111 Å². The summed E-state index contributed by atoms with van der Waals surface area (Å²) in [6.45, 7) is 5.01. The van der Waals surface area contributed by atoms with Crippen LogP contribution in [0.4, 0.5) is 5.69 Å². The molecule has 4 rings (SSSR count). The molecule has 2 N–H and O–H groups in total. The largest absolute Gasteiger partial charge is 0.461 e. The lowest BCUT2D eigenvalue weighted by molar-refractivity contribution is -0.570. The van der Waals surface area contributed by atoms with E-state index in [1.54, 1.807) is 47.6 Å². The van der Waals surface area contributed by atoms with Gasteiger partial charge in [-0.25, -0.2) is 14.3 Å². The van der Waals surface area contributed by atoms with Gasteiger partial charge in [-0.3, -0.25) is 4.79 Å². The van der Waals surface area contributed by atoms with Gasteiger partial charge in [0.25, 0.3) is 5.91 Å². The molecule has 4 heterocycles. The van der Waals surface area contributed by atoms with Crippen molar-refractivity contribution >= 4 is 23.1 Å². The van der Waals surface area contributed by atoms with Crippen LogP contribution in [0.25, 0.3) is 17.2 Å². The first-order chi connectivity index (χ1) is 14.5. The van der Waals surface area contributed by atoms with Gasteiger partial charge in [0.15, 0.2) is 23.8 Å². The maximum Gasteiger partial charge on any atom is 0.426 e. The third-order valence-corrected chi connectivity index (χ3v) is 4.78. The molecular weight excluding hydrogens is 384 g/mol. The molecule has 0 spiro atoms. The SMILES string of the molecule is CCN(CC)C(=O)c1ccc[n+](C(=O)c2cc(N)c3nc(-c4ccco4)nn3c2)c1. The maximum atomic E-state index is 13.1. The number of carbonyl (C=O) groups excluding carboxylic acids is 2. The monoisotopic (exact) mass is 405 g/mol. The van der Waals surface area contributed by atoms with Crippen molar-refractivity contribution in [2.24, 2.45) is 0 Å². The lowest BCUT2D eigenvalue weighted by Crippen LogP contribution is -2.44. The first-order valence-electron chi connectivity index (χ1n) is 9.57. The highest BCUT2D eigenvalue weighted by Gasteiger charge is 2.23. The van der Waals surface area contributed by atoms with Crippen molar-refractivity contribution in [1.29, 1.82) is 0 Å². The van der Waals surface area contributed by atoms with Gasteiger partial charge in [-0.15, -0.1) is 9.67 Å². The van der Waals surface area contributed by atoms with Crippen LogP contribution in [0, 0.1) is 0 Å². The predicted molar refractivity (Wildman–Crippen MR) is 109 cm³/mol. The molecule has 1 amide bonds. The van der Waals surface area contributed by atoms with E-state index in [-0.39, 0.29) is 11.8 Å². The van der Waals surface area contributed by atoms with Gasteiger partial charge in [-0.2, -0.15) is 0 Å². The molecule has 0 aliphatic heterocycles. The third kappa shape index (κ3) is 3.41. The number of hydrogen-bond donors (Lipinski definition) is 1. The smallest absolute Gasteiger partial charge is 0.426 e. The van der Waals surface area contributed by atoms with Gasteiger partial charge in [0.2, 0.25) is 5.82 Å². The van der Waals surface area contributed by atoms with Gasteiger partial charge in [0, 0.05) is 25.4 Å². The third-order valence-electron chi connectivity index (χ3n) is 4.78. The van der Waals surface area contributed by atoms with Crippen molar-refractivity contribution in [2.45, 2.75) is 13.8 Å². The zero-order valence-corrected chi connectivity index (χ0v) is 16.6. The molecule has 0 saturated heterocycles. The van der Waals surface area contributed by atoms with Gasteiger partial charge in [0.05, 0.1) is 12.0 Å². The van der Waals surface area contributed by atoms with Crippen LogP contribution in [-0.4, -0.2) is 44.4 Å². The molecule has 0 radical (unpaired) electrons.